The van der Waals surface area contributed by atoms with Crippen molar-refractivity contribution in [2.24, 2.45) is 0 Å². The van der Waals surface area contributed by atoms with E-state index in [-0.39, 0.29) is 21.0 Å². The molecule has 1 aliphatic rings. The summed E-state index contributed by atoms with van der Waals surface area (Å²) >= 11 is 18.1. The van der Waals surface area contributed by atoms with Gasteiger partial charge in [-0.3, -0.25) is 0 Å². The van der Waals surface area contributed by atoms with Crippen molar-refractivity contribution in [3.05, 3.63) is 27.2 Å². The summed E-state index contributed by atoms with van der Waals surface area (Å²) in [4.78, 5) is 1.99. The molecule has 9 heteroatoms. The van der Waals surface area contributed by atoms with Crippen molar-refractivity contribution in [2.45, 2.75) is 23.8 Å². The van der Waals surface area contributed by atoms with Crippen LogP contribution in [-0.2, 0) is 14.8 Å². The number of ether oxygens (including phenoxy) is 1. The highest BCUT2D eigenvalue weighted by atomic mass is 35.5. The second-order valence-corrected chi connectivity index (χ2v) is 8.94. The molecule has 136 valence electrons. The number of methoxy groups -OCH3 is 1. The summed E-state index contributed by atoms with van der Waals surface area (Å²) < 4.78 is 32.7. The summed E-state index contributed by atoms with van der Waals surface area (Å²) in [6.45, 7) is 2.43. The van der Waals surface area contributed by atoms with Crippen LogP contribution >= 0.6 is 34.8 Å². The van der Waals surface area contributed by atoms with Crippen LogP contribution in [0.4, 0.5) is 0 Å². The third kappa shape index (κ3) is 4.55. The predicted octanol–water partition coefficient (Wildman–Crippen LogP) is 3.38. The number of halogens is 3. The first-order chi connectivity index (χ1) is 11.3. The van der Waals surface area contributed by atoms with E-state index >= 15 is 0 Å². The molecule has 1 fully saturated rings. The minimum atomic E-state index is -3.78. The van der Waals surface area contributed by atoms with Crippen LogP contribution < -0.4 is 0 Å². The number of nitrogens with zero attached hydrogens (tertiary/aromatic N) is 2. The molecule has 2 rings (SSSR count). The van der Waals surface area contributed by atoms with Gasteiger partial charge in [-0.25, -0.2) is 8.42 Å². The third-order valence-electron chi connectivity index (χ3n) is 4.05. The third-order valence-corrected chi connectivity index (χ3v) is 7.14. The van der Waals surface area contributed by atoms with Gasteiger partial charge in [0.25, 0.3) is 0 Å². The monoisotopic (exact) mass is 414 g/mol. The lowest BCUT2D eigenvalue weighted by Gasteiger charge is -2.28. The van der Waals surface area contributed by atoms with E-state index in [1.165, 1.54) is 16.4 Å². The van der Waals surface area contributed by atoms with E-state index < -0.39 is 10.0 Å². The second-order valence-electron chi connectivity index (χ2n) is 5.87. The smallest absolute Gasteiger partial charge is 0.246 e. The van der Waals surface area contributed by atoms with Crippen molar-refractivity contribution in [3.8, 4) is 0 Å². The molecule has 0 spiro atoms. The Labute approximate surface area is 158 Å². The number of benzene rings is 1. The topological polar surface area (TPSA) is 49.9 Å². The maximum atomic E-state index is 13.1. The lowest BCUT2D eigenvalue weighted by atomic mass is 10.2. The fraction of sp³-hybridized carbons (Fsp3) is 0.600. The summed E-state index contributed by atoms with van der Waals surface area (Å²) in [6.07, 6.45) is 1.62. The van der Waals surface area contributed by atoms with Crippen LogP contribution in [0.2, 0.25) is 15.1 Å². The molecule has 1 atom stereocenters. The quantitative estimate of drug-likeness (QED) is 0.685. The Hall–Kier alpha value is -0.0800. The summed E-state index contributed by atoms with van der Waals surface area (Å²) in [5, 5.41) is 0.401. The zero-order valence-electron chi connectivity index (χ0n) is 13.6. The Bertz CT molecular complexity index is 662. The molecule has 5 nitrogen and oxygen atoms in total. The van der Waals surface area contributed by atoms with Gasteiger partial charge < -0.3 is 9.64 Å². The number of sulfonamides is 1. The molecule has 0 bridgehead atoms. The van der Waals surface area contributed by atoms with Crippen LogP contribution in [0.5, 0.6) is 0 Å². The van der Waals surface area contributed by atoms with Gasteiger partial charge in [-0.05, 0) is 32.0 Å². The maximum Gasteiger partial charge on any atom is 0.246 e. The van der Waals surface area contributed by atoms with Gasteiger partial charge in [-0.1, -0.05) is 34.8 Å². The number of hydrogen-bond acceptors (Lipinski definition) is 4. The molecule has 0 aromatic heterocycles. The van der Waals surface area contributed by atoms with Gasteiger partial charge >= 0.3 is 0 Å². The highest BCUT2D eigenvalue weighted by Gasteiger charge is 2.38. The molecule has 1 saturated heterocycles. The molecule has 0 amide bonds. The molecular weight excluding hydrogens is 395 g/mol. The molecular formula is C15H21Cl3N2O3S. The van der Waals surface area contributed by atoms with Crippen LogP contribution in [0, 0.1) is 0 Å². The molecule has 1 unspecified atom stereocenters. The van der Waals surface area contributed by atoms with E-state index in [9.17, 15) is 8.42 Å². The van der Waals surface area contributed by atoms with Gasteiger partial charge in [0, 0.05) is 37.8 Å². The normalized spacial score (nSPS) is 19.3. The minimum absolute atomic E-state index is 0.0471. The number of hydrogen-bond donors (Lipinski definition) is 0. The fourth-order valence-electron chi connectivity index (χ4n) is 2.90. The van der Waals surface area contributed by atoms with Crippen LogP contribution in [0.15, 0.2) is 17.0 Å². The Morgan fingerprint density at radius 2 is 1.92 bits per heavy atom. The van der Waals surface area contributed by atoms with E-state index in [4.69, 9.17) is 39.5 Å². The van der Waals surface area contributed by atoms with Gasteiger partial charge in [0.1, 0.15) is 4.90 Å². The SMILES string of the molecule is COCCN(C)CC1CCCN1S(=O)(=O)c1c(Cl)cc(Cl)cc1Cl. The van der Waals surface area contributed by atoms with Crippen molar-refractivity contribution >= 4 is 44.8 Å². The largest absolute Gasteiger partial charge is 0.383 e. The average molecular weight is 416 g/mol. The zero-order valence-corrected chi connectivity index (χ0v) is 16.7. The first-order valence-corrected chi connectivity index (χ1v) is 10.2. The molecule has 24 heavy (non-hydrogen) atoms. The van der Waals surface area contributed by atoms with Crippen molar-refractivity contribution in [2.75, 3.05) is 40.4 Å². The first kappa shape index (κ1) is 20.2. The number of likely N-dealkylation sites (N-methyl/N-ethyl adjacent to an activating group) is 1. The van der Waals surface area contributed by atoms with E-state index in [1.807, 2.05) is 7.05 Å². The van der Waals surface area contributed by atoms with Crippen LogP contribution in [0.25, 0.3) is 0 Å². The molecule has 0 saturated carbocycles. The second kappa shape index (κ2) is 8.54. The summed E-state index contributed by atoms with van der Waals surface area (Å²) in [5.74, 6) is 0. The van der Waals surface area contributed by atoms with Gasteiger partial charge in [0.15, 0.2) is 0 Å². The van der Waals surface area contributed by atoms with E-state index in [2.05, 4.69) is 4.90 Å². The van der Waals surface area contributed by atoms with Crippen molar-refractivity contribution in [1.82, 2.24) is 9.21 Å². The van der Waals surface area contributed by atoms with Gasteiger partial charge in [-0.15, -0.1) is 0 Å². The van der Waals surface area contributed by atoms with Crippen LogP contribution in [0.1, 0.15) is 12.8 Å². The number of rotatable bonds is 7. The summed E-state index contributed by atoms with van der Waals surface area (Å²) in [7, 11) is -0.187. The van der Waals surface area contributed by atoms with Crippen molar-refractivity contribution < 1.29 is 13.2 Å². The highest BCUT2D eigenvalue weighted by Crippen LogP contribution is 2.37. The molecule has 1 aromatic rings. The van der Waals surface area contributed by atoms with E-state index in [0.717, 1.165) is 19.4 Å². The van der Waals surface area contributed by atoms with Crippen molar-refractivity contribution in [3.63, 3.8) is 0 Å². The maximum absolute atomic E-state index is 13.1. The predicted molar refractivity (Wildman–Crippen MR) is 97.8 cm³/mol. The van der Waals surface area contributed by atoms with Crippen LogP contribution in [0.3, 0.4) is 0 Å². The average Bonchev–Trinajstić information content (AvgIpc) is 2.92. The van der Waals surface area contributed by atoms with E-state index in [0.29, 0.717) is 24.7 Å². The molecule has 0 N–H and O–H groups in total. The Morgan fingerprint density at radius 3 is 2.50 bits per heavy atom. The molecule has 0 radical (unpaired) electrons. The summed E-state index contributed by atoms with van der Waals surface area (Å²) in [5.41, 5.74) is 0. The highest BCUT2D eigenvalue weighted by molar-refractivity contribution is 7.89. The Kier molecular flexibility index (Phi) is 7.20. The van der Waals surface area contributed by atoms with Crippen molar-refractivity contribution in [1.29, 1.82) is 0 Å². The standard InChI is InChI=1S/C15H21Cl3N2O3S/c1-19(6-7-23-2)10-12-4-3-5-20(12)24(21,22)15-13(17)8-11(16)9-14(15)18/h8-9,12H,3-7,10H2,1-2H3. The molecule has 0 aliphatic carbocycles. The molecule has 1 heterocycles. The molecule has 1 aliphatic heterocycles. The van der Waals surface area contributed by atoms with Gasteiger partial charge in [0.2, 0.25) is 10.0 Å². The Balaban J connectivity index is 2.25. The minimum Gasteiger partial charge on any atom is -0.383 e. The van der Waals surface area contributed by atoms with Crippen LogP contribution in [-0.4, -0.2) is 64.1 Å². The van der Waals surface area contributed by atoms with Gasteiger partial charge in [0.05, 0.1) is 16.7 Å². The van der Waals surface area contributed by atoms with Gasteiger partial charge in [-0.2, -0.15) is 4.31 Å². The first-order valence-electron chi connectivity index (χ1n) is 7.61. The lowest BCUT2D eigenvalue weighted by molar-refractivity contribution is 0.151. The lowest BCUT2D eigenvalue weighted by Crippen LogP contribution is -2.43. The molecule has 1 aromatic carbocycles. The Morgan fingerprint density at radius 1 is 1.29 bits per heavy atom. The zero-order chi connectivity index (χ0) is 17.9. The summed E-state index contributed by atoms with van der Waals surface area (Å²) in [6, 6.07) is 2.69. The fourth-order valence-corrected chi connectivity index (χ4v) is 6.08. The van der Waals surface area contributed by atoms with E-state index in [1.54, 1.807) is 7.11 Å².